The van der Waals surface area contributed by atoms with Crippen LogP contribution < -0.4 is 19.7 Å². The molecule has 2 aliphatic rings. The number of hydrogen-bond donors (Lipinski definition) is 1. The molecule has 0 bridgehead atoms. The first-order chi connectivity index (χ1) is 12.5. The lowest BCUT2D eigenvalue weighted by Gasteiger charge is -2.18. The van der Waals surface area contributed by atoms with E-state index in [9.17, 15) is 9.59 Å². The maximum absolute atomic E-state index is 12.6. The number of amides is 2. The van der Waals surface area contributed by atoms with Gasteiger partial charge in [-0.1, -0.05) is 23.2 Å². The predicted molar refractivity (Wildman–Crippen MR) is 98.1 cm³/mol. The third-order valence-corrected chi connectivity index (χ3v) is 4.87. The van der Waals surface area contributed by atoms with E-state index in [1.165, 1.54) is 4.90 Å². The van der Waals surface area contributed by atoms with Gasteiger partial charge in [0.1, 0.15) is 0 Å². The highest BCUT2D eigenvalue weighted by Crippen LogP contribution is 2.36. The summed E-state index contributed by atoms with van der Waals surface area (Å²) in [5.74, 6) is 0.368. The molecule has 1 unspecified atom stereocenters. The molecule has 4 rings (SSSR count). The summed E-state index contributed by atoms with van der Waals surface area (Å²) in [6, 6.07) is 10.1. The maximum Gasteiger partial charge on any atom is 0.231 e. The summed E-state index contributed by atoms with van der Waals surface area (Å²) < 4.78 is 10.5. The second-order valence-electron chi connectivity index (χ2n) is 6.06. The highest BCUT2D eigenvalue weighted by molar-refractivity contribution is 6.36. The van der Waals surface area contributed by atoms with Gasteiger partial charge in [0, 0.05) is 29.7 Å². The van der Waals surface area contributed by atoms with Crippen LogP contribution in [0.4, 0.5) is 11.4 Å². The van der Waals surface area contributed by atoms with Gasteiger partial charge in [-0.3, -0.25) is 9.59 Å². The van der Waals surface area contributed by atoms with Crippen LogP contribution in [0, 0.1) is 5.92 Å². The van der Waals surface area contributed by atoms with Gasteiger partial charge in [-0.25, -0.2) is 0 Å². The molecule has 1 saturated heterocycles. The Kier molecular flexibility index (Phi) is 4.38. The first kappa shape index (κ1) is 17.0. The summed E-state index contributed by atoms with van der Waals surface area (Å²) in [6.45, 7) is 0.428. The molecule has 2 aromatic carbocycles. The van der Waals surface area contributed by atoms with Crippen molar-refractivity contribution in [2.75, 3.05) is 23.6 Å². The maximum atomic E-state index is 12.6. The average Bonchev–Trinajstić information content (AvgIpc) is 3.21. The van der Waals surface area contributed by atoms with Gasteiger partial charge in [-0.2, -0.15) is 0 Å². The number of fused-ring (bicyclic) bond motifs is 1. The highest BCUT2D eigenvalue weighted by Gasteiger charge is 2.36. The number of benzene rings is 2. The molecule has 0 aromatic heterocycles. The summed E-state index contributed by atoms with van der Waals surface area (Å²) >= 11 is 12.1. The molecule has 0 spiro atoms. The van der Waals surface area contributed by atoms with Gasteiger partial charge >= 0.3 is 0 Å². The minimum Gasteiger partial charge on any atom is -0.454 e. The summed E-state index contributed by atoms with van der Waals surface area (Å²) in [4.78, 5) is 26.4. The van der Waals surface area contributed by atoms with E-state index in [4.69, 9.17) is 32.7 Å². The van der Waals surface area contributed by atoms with Crippen molar-refractivity contribution in [3.05, 3.63) is 46.4 Å². The molecular weight excluding hydrogens is 379 g/mol. The zero-order valence-corrected chi connectivity index (χ0v) is 15.0. The second-order valence-corrected chi connectivity index (χ2v) is 6.90. The Bertz CT molecular complexity index is 903. The van der Waals surface area contributed by atoms with Gasteiger partial charge < -0.3 is 19.7 Å². The monoisotopic (exact) mass is 392 g/mol. The van der Waals surface area contributed by atoms with Crippen molar-refractivity contribution in [2.24, 2.45) is 5.92 Å². The van der Waals surface area contributed by atoms with Crippen molar-refractivity contribution >= 4 is 46.4 Å². The first-order valence-electron chi connectivity index (χ1n) is 7.97. The van der Waals surface area contributed by atoms with E-state index in [0.717, 1.165) is 0 Å². The van der Waals surface area contributed by atoms with Gasteiger partial charge in [-0.15, -0.1) is 0 Å². The molecular formula is C18H14Cl2N2O4. The van der Waals surface area contributed by atoms with E-state index >= 15 is 0 Å². The molecule has 1 N–H and O–H groups in total. The van der Waals surface area contributed by atoms with Crippen molar-refractivity contribution in [1.29, 1.82) is 0 Å². The molecule has 26 heavy (non-hydrogen) atoms. The molecule has 0 radical (unpaired) electrons. The molecule has 2 aromatic rings. The van der Waals surface area contributed by atoms with Gasteiger partial charge in [-0.05, 0) is 30.3 Å². The lowest BCUT2D eigenvalue weighted by molar-refractivity contribution is -0.122. The zero-order valence-electron chi connectivity index (χ0n) is 13.5. The number of halogens is 2. The third kappa shape index (κ3) is 3.18. The van der Waals surface area contributed by atoms with Crippen LogP contribution in [0.25, 0.3) is 0 Å². The van der Waals surface area contributed by atoms with E-state index in [-0.39, 0.29) is 31.6 Å². The van der Waals surface area contributed by atoms with Crippen LogP contribution in [0.3, 0.4) is 0 Å². The van der Waals surface area contributed by atoms with Crippen LogP contribution in [0.2, 0.25) is 10.0 Å². The summed E-state index contributed by atoms with van der Waals surface area (Å²) in [7, 11) is 0. The van der Waals surface area contributed by atoms with Crippen LogP contribution in [-0.2, 0) is 9.59 Å². The van der Waals surface area contributed by atoms with Gasteiger partial charge in [0.05, 0.1) is 16.6 Å². The van der Waals surface area contributed by atoms with Gasteiger partial charge in [0.25, 0.3) is 0 Å². The molecule has 2 heterocycles. The molecule has 134 valence electrons. The smallest absolute Gasteiger partial charge is 0.231 e. The van der Waals surface area contributed by atoms with Gasteiger partial charge in [0.2, 0.25) is 18.6 Å². The quantitative estimate of drug-likeness (QED) is 0.864. The number of carbonyl (C=O) groups is 2. The number of carbonyl (C=O) groups excluding carboxylic acids is 2. The van der Waals surface area contributed by atoms with E-state index < -0.39 is 5.92 Å². The lowest BCUT2D eigenvalue weighted by atomic mass is 10.1. The average molecular weight is 393 g/mol. The molecule has 2 aliphatic heterocycles. The van der Waals surface area contributed by atoms with Crippen LogP contribution >= 0.6 is 23.2 Å². The van der Waals surface area contributed by atoms with Crippen molar-refractivity contribution in [1.82, 2.24) is 0 Å². The van der Waals surface area contributed by atoms with E-state index in [0.29, 0.717) is 32.9 Å². The second kappa shape index (κ2) is 6.70. The van der Waals surface area contributed by atoms with Crippen molar-refractivity contribution in [2.45, 2.75) is 6.42 Å². The summed E-state index contributed by atoms with van der Waals surface area (Å²) in [5.41, 5.74) is 1.15. The molecule has 6 nitrogen and oxygen atoms in total. The standard InChI is InChI=1S/C18H14Cl2N2O4/c19-11-1-3-14(13(20)6-11)22-8-10(5-17(22)23)18(24)21-12-2-4-15-16(7-12)26-9-25-15/h1-4,6-7,10H,5,8-9H2,(H,21,24). The van der Waals surface area contributed by atoms with Crippen LogP contribution in [0.1, 0.15) is 6.42 Å². The minimum atomic E-state index is -0.473. The Hall–Kier alpha value is -2.44. The Morgan fingerprint density at radius 2 is 1.92 bits per heavy atom. The number of ether oxygens (including phenoxy) is 2. The van der Waals surface area contributed by atoms with E-state index in [1.807, 2.05) is 0 Å². The fourth-order valence-electron chi connectivity index (χ4n) is 3.03. The fourth-order valence-corrected chi connectivity index (χ4v) is 3.55. The molecule has 8 heteroatoms. The predicted octanol–water partition coefficient (Wildman–Crippen LogP) is 3.71. The molecule has 1 atom stereocenters. The summed E-state index contributed by atoms with van der Waals surface area (Å²) in [6.07, 6.45) is 0.120. The number of hydrogen-bond acceptors (Lipinski definition) is 4. The van der Waals surface area contributed by atoms with Crippen molar-refractivity contribution in [3.8, 4) is 11.5 Å². The number of nitrogens with zero attached hydrogens (tertiary/aromatic N) is 1. The Morgan fingerprint density at radius 3 is 2.73 bits per heavy atom. The third-order valence-electron chi connectivity index (χ3n) is 4.34. The molecule has 0 saturated carbocycles. The van der Waals surface area contributed by atoms with Crippen molar-refractivity contribution in [3.63, 3.8) is 0 Å². The fraction of sp³-hybridized carbons (Fsp3) is 0.222. The molecule has 1 fully saturated rings. The summed E-state index contributed by atoms with van der Waals surface area (Å²) in [5, 5.41) is 3.69. The first-order valence-corrected chi connectivity index (χ1v) is 8.73. The number of rotatable bonds is 3. The van der Waals surface area contributed by atoms with E-state index in [1.54, 1.807) is 36.4 Å². The minimum absolute atomic E-state index is 0.120. The zero-order chi connectivity index (χ0) is 18.3. The Balaban J connectivity index is 1.47. The van der Waals surface area contributed by atoms with Crippen LogP contribution in [-0.4, -0.2) is 25.2 Å². The largest absolute Gasteiger partial charge is 0.454 e. The van der Waals surface area contributed by atoms with E-state index in [2.05, 4.69) is 5.32 Å². The highest BCUT2D eigenvalue weighted by atomic mass is 35.5. The number of nitrogens with one attached hydrogen (secondary N) is 1. The Morgan fingerprint density at radius 1 is 1.12 bits per heavy atom. The molecule has 0 aliphatic carbocycles. The Labute approximate surface area is 159 Å². The lowest BCUT2D eigenvalue weighted by Crippen LogP contribution is -2.28. The topological polar surface area (TPSA) is 67.9 Å². The van der Waals surface area contributed by atoms with Gasteiger partial charge in [0.15, 0.2) is 11.5 Å². The normalized spacial score (nSPS) is 18.3. The van der Waals surface area contributed by atoms with Crippen LogP contribution in [0.5, 0.6) is 11.5 Å². The van der Waals surface area contributed by atoms with Crippen LogP contribution in [0.15, 0.2) is 36.4 Å². The molecule has 2 amide bonds. The SMILES string of the molecule is O=C(Nc1ccc2c(c1)OCO2)C1CC(=O)N(c2ccc(Cl)cc2Cl)C1. The van der Waals surface area contributed by atoms with Crippen molar-refractivity contribution < 1.29 is 19.1 Å². The number of anilines is 2.